The maximum atomic E-state index is 10.1. The number of nitrogens with zero attached hydrogens (tertiary/aromatic N) is 3. The number of nitrogens with one attached hydrogen (secondary N) is 1. The van der Waals surface area contributed by atoms with Crippen molar-refractivity contribution >= 4 is 35.6 Å². The molecule has 1 saturated heterocycles. The lowest BCUT2D eigenvalue weighted by molar-refractivity contribution is 0.368. The summed E-state index contributed by atoms with van der Waals surface area (Å²) in [6, 6.07) is 18.8. The van der Waals surface area contributed by atoms with Crippen LogP contribution in [0.4, 0.5) is 5.69 Å². The molecular formula is C22H29IN4O. The molecule has 2 aliphatic rings. The topological polar surface area (TPSA) is 51.1 Å². The van der Waals surface area contributed by atoms with Gasteiger partial charge in [-0.15, -0.1) is 24.0 Å². The van der Waals surface area contributed by atoms with Crippen LogP contribution < -0.4 is 10.2 Å². The van der Waals surface area contributed by atoms with Crippen LogP contribution in [0.25, 0.3) is 0 Å². The molecule has 0 radical (unpaired) electrons. The zero-order valence-corrected chi connectivity index (χ0v) is 18.6. The van der Waals surface area contributed by atoms with E-state index >= 15 is 0 Å². The Kier molecular flexibility index (Phi) is 7.04. The smallest absolute Gasteiger partial charge is 0.194 e. The standard InChI is InChI=1S/C22H28N4O.HI/c1-2-23-22(24-19-16-18(19)17-8-4-3-5-9-17)26-14-12-25(13-15-26)20-10-6-7-11-21(20)27;/h3-11,18-19,27H,2,12-16H2,1H3,(H,23,24);1H. The average Bonchev–Trinajstić information content (AvgIpc) is 3.48. The molecule has 2 N–H and O–H groups in total. The number of aliphatic imine (C=N–C) groups is 1. The van der Waals surface area contributed by atoms with Gasteiger partial charge in [0.2, 0.25) is 0 Å². The molecule has 2 aromatic rings. The van der Waals surface area contributed by atoms with Crippen molar-refractivity contribution in [1.82, 2.24) is 10.2 Å². The summed E-state index contributed by atoms with van der Waals surface area (Å²) in [6.45, 7) is 6.45. The van der Waals surface area contributed by atoms with Gasteiger partial charge in [-0.05, 0) is 31.0 Å². The van der Waals surface area contributed by atoms with Crippen molar-refractivity contribution in [1.29, 1.82) is 0 Å². The Labute approximate surface area is 184 Å². The highest BCUT2D eigenvalue weighted by molar-refractivity contribution is 14.0. The monoisotopic (exact) mass is 492 g/mol. The van der Waals surface area contributed by atoms with Crippen molar-refractivity contribution in [2.75, 3.05) is 37.6 Å². The zero-order valence-electron chi connectivity index (χ0n) is 16.3. The molecule has 0 bridgehead atoms. The second-order valence-corrected chi connectivity index (χ2v) is 7.26. The van der Waals surface area contributed by atoms with Gasteiger partial charge in [0.15, 0.2) is 5.96 Å². The second kappa shape index (κ2) is 9.49. The number of rotatable bonds is 4. The third-order valence-corrected chi connectivity index (χ3v) is 5.44. The molecule has 5 nitrogen and oxygen atoms in total. The minimum atomic E-state index is 0. The molecular weight excluding hydrogens is 463 g/mol. The fourth-order valence-corrected chi connectivity index (χ4v) is 3.87. The van der Waals surface area contributed by atoms with Crippen LogP contribution in [0.15, 0.2) is 59.6 Å². The summed E-state index contributed by atoms with van der Waals surface area (Å²) in [7, 11) is 0. The quantitative estimate of drug-likeness (QED) is 0.389. The summed E-state index contributed by atoms with van der Waals surface area (Å²) in [4.78, 5) is 9.33. The predicted molar refractivity (Wildman–Crippen MR) is 126 cm³/mol. The average molecular weight is 492 g/mol. The summed E-state index contributed by atoms with van der Waals surface area (Å²) in [5.41, 5.74) is 2.33. The highest BCUT2D eigenvalue weighted by Crippen LogP contribution is 2.40. The summed E-state index contributed by atoms with van der Waals surface area (Å²) in [6.07, 6.45) is 1.17. The number of hydrogen-bond donors (Lipinski definition) is 2. The lowest BCUT2D eigenvalue weighted by atomic mass is 10.1. The first kappa shape index (κ1) is 20.8. The molecule has 1 heterocycles. The number of phenolic OH excluding ortho intramolecular Hbond substituents is 1. The van der Waals surface area contributed by atoms with Gasteiger partial charge in [0.05, 0.1) is 5.69 Å². The van der Waals surface area contributed by atoms with Gasteiger partial charge in [0, 0.05) is 44.7 Å². The molecule has 28 heavy (non-hydrogen) atoms. The summed E-state index contributed by atoms with van der Waals surface area (Å²) < 4.78 is 0. The maximum absolute atomic E-state index is 10.1. The van der Waals surface area contributed by atoms with Crippen LogP contribution in [0, 0.1) is 0 Å². The Morgan fingerprint density at radius 1 is 1.04 bits per heavy atom. The van der Waals surface area contributed by atoms with Gasteiger partial charge >= 0.3 is 0 Å². The molecule has 2 fully saturated rings. The Morgan fingerprint density at radius 2 is 1.71 bits per heavy atom. The van der Waals surface area contributed by atoms with Gasteiger partial charge < -0.3 is 20.2 Å². The van der Waals surface area contributed by atoms with Gasteiger partial charge in [0.25, 0.3) is 0 Å². The number of guanidine groups is 1. The number of hydrogen-bond acceptors (Lipinski definition) is 3. The fraction of sp³-hybridized carbons (Fsp3) is 0.409. The third kappa shape index (κ3) is 4.71. The minimum Gasteiger partial charge on any atom is -0.506 e. The molecule has 150 valence electrons. The molecule has 2 unspecified atom stereocenters. The molecule has 2 aromatic carbocycles. The predicted octanol–water partition coefficient (Wildman–Crippen LogP) is 3.65. The van der Waals surface area contributed by atoms with E-state index in [-0.39, 0.29) is 24.0 Å². The number of para-hydroxylation sites is 2. The van der Waals surface area contributed by atoms with E-state index < -0.39 is 0 Å². The van der Waals surface area contributed by atoms with Crippen LogP contribution >= 0.6 is 24.0 Å². The first-order chi connectivity index (χ1) is 13.3. The first-order valence-electron chi connectivity index (χ1n) is 9.90. The number of halogens is 1. The largest absolute Gasteiger partial charge is 0.506 e. The molecule has 2 atom stereocenters. The lowest BCUT2D eigenvalue weighted by Crippen LogP contribution is -2.53. The van der Waals surface area contributed by atoms with E-state index in [2.05, 4.69) is 52.4 Å². The van der Waals surface area contributed by atoms with Crippen molar-refractivity contribution in [2.45, 2.75) is 25.3 Å². The Bertz CT molecular complexity index is 790. The summed E-state index contributed by atoms with van der Waals surface area (Å²) >= 11 is 0. The SMILES string of the molecule is CCN=C(NC1CC1c1ccccc1)N1CCN(c2ccccc2O)CC1.I. The van der Waals surface area contributed by atoms with Crippen molar-refractivity contribution in [3.05, 3.63) is 60.2 Å². The third-order valence-electron chi connectivity index (χ3n) is 5.44. The summed E-state index contributed by atoms with van der Waals surface area (Å²) in [5.74, 6) is 1.98. The van der Waals surface area contributed by atoms with E-state index in [9.17, 15) is 5.11 Å². The van der Waals surface area contributed by atoms with Crippen LogP contribution in [0.5, 0.6) is 5.75 Å². The van der Waals surface area contributed by atoms with Crippen LogP contribution in [0.2, 0.25) is 0 Å². The highest BCUT2D eigenvalue weighted by atomic mass is 127. The van der Waals surface area contributed by atoms with Crippen molar-refractivity contribution in [2.24, 2.45) is 4.99 Å². The van der Waals surface area contributed by atoms with Gasteiger partial charge in [-0.1, -0.05) is 42.5 Å². The summed E-state index contributed by atoms with van der Waals surface area (Å²) in [5, 5.41) is 13.8. The van der Waals surface area contributed by atoms with Crippen molar-refractivity contribution < 1.29 is 5.11 Å². The maximum Gasteiger partial charge on any atom is 0.194 e. The molecule has 1 saturated carbocycles. The van der Waals surface area contributed by atoms with Gasteiger partial charge in [-0.2, -0.15) is 0 Å². The molecule has 1 aliphatic carbocycles. The van der Waals surface area contributed by atoms with Crippen LogP contribution in [-0.4, -0.2) is 54.7 Å². The Morgan fingerprint density at radius 3 is 2.39 bits per heavy atom. The van der Waals surface area contributed by atoms with Gasteiger partial charge in [-0.3, -0.25) is 4.99 Å². The number of phenols is 1. The molecule has 6 heteroatoms. The molecule has 4 rings (SSSR count). The Balaban J connectivity index is 0.00000225. The van der Waals surface area contributed by atoms with E-state index in [4.69, 9.17) is 4.99 Å². The van der Waals surface area contributed by atoms with Gasteiger partial charge in [-0.25, -0.2) is 0 Å². The van der Waals surface area contributed by atoms with Crippen LogP contribution in [-0.2, 0) is 0 Å². The molecule has 0 spiro atoms. The first-order valence-corrected chi connectivity index (χ1v) is 9.90. The normalized spacial score (nSPS) is 21.8. The van der Waals surface area contributed by atoms with Crippen LogP contribution in [0.1, 0.15) is 24.8 Å². The Hall–Kier alpha value is -1.96. The van der Waals surface area contributed by atoms with Gasteiger partial charge in [0.1, 0.15) is 5.75 Å². The van der Waals surface area contributed by atoms with E-state index in [1.807, 2.05) is 18.2 Å². The second-order valence-electron chi connectivity index (χ2n) is 7.26. The lowest BCUT2D eigenvalue weighted by Gasteiger charge is -2.38. The van der Waals surface area contributed by atoms with E-state index in [0.29, 0.717) is 17.7 Å². The zero-order chi connectivity index (χ0) is 18.6. The molecule has 0 amide bonds. The number of piperazine rings is 1. The molecule has 1 aliphatic heterocycles. The van der Waals surface area contributed by atoms with E-state index in [1.165, 1.54) is 12.0 Å². The minimum absolute atomic E-state index is 0. The highest BCUT2D eigenvalue weighted by Gasteiger charge is 2.39. The van der Waals surface area contributed by atoms with Crippen molar-refractivity contribution in [3.63, 3.8) is 0 Å². The molecule has 0 aromatic heterocycles. The van der Waals surface area contributed by atoms with E-state index in [1.54, 1.807) is 6.07 Å². The number of aromatic hydroxyl groups is 1. The number of benzene rings is 2. The van der Waals surface area contributed by atoms with E-state index in [0.717, 1.165) is 44.4 Å². The fourth-order valence-electron chi connectivity index (χ4n) is 3.87. The number of anilines is 1. The van der Waals surface area contributed by atoms with Crippen molar-refractivity contribution in [3.8, 4) is 5.75 Å². The van der Waals surface area contributed by atoms with Crippen LogP contribution in [0.3, 0.4) is 0 Å².